The number of aromatic nitrogens is 1. The summed E-state index contributed by atoms with van der Waals surface area (Å²) in [7, 11) is 0. The number of rotatable bonds is 7. The van der Waals surface area contributed by atoms with E-state index in [1.54, 1.807) is 0 Å². The van der Waals surface area contributed by atoms with Gasteiger partial charge in [-0.05, 0) is 110 Å². The maximum absolute atomic E-state index is 2.45. The van der Waals surface area contributed by atoms with Crippen molar-refractivity contribution in [2.45, 2.75) is 0 Å². The minimum Gasteiger partial charge on any atom is -0.310 e. The lowest BCUT2D eigenvalue weighted by molar-refractivity contribution is 1.18. The number of benzene rings is 10. The zero-order chi connectivity index (χ0) is 38.4. The van der Waals surface area contributed by atoms with E-state index in [1.165, 1.54) is 60.1 Å². The molecule has 0 atom stereocenters. The maximum atomic E-state index is 2.45. The van der Waals surface area contributed by atoms with Crippen LogP contribution in [0.4, 0.5) is 17.1 Å². The second kappa shape index (κ2) is 14.1. The molecule has 0 spiro atoms. The highest BCUT2D eigenvalue weighted by molar-refractivity contribution is 6.10. The zero-order valence-corrected chi connectivity index (χ0v) is 31.8. The van der Waals surface area contributed by atoms with Crippen LogP contribution in [0.25, 0.3) is 82.4 Å². The normalized spacial score (nSPS) is 11.4. The summed E-state index contributed by atoms with van der Waals surface area (Å²) in [5.41, 5.74) is 13.8. The Balaban J connectivity index is 1.18. The average molecular weight is 739 g/mol. The lowest BCUT2D eigenvalue weighted by Gasteiger charge is -2.29. The van der Waals surface area contributed by atoms with E-state index >= 15 is 0 Å². The van der Waals surface area contributed by atoms with E-state index < -0.39 is 0 Å². The minimum atomic E-state index is 1.08. The fraction of sp³-hybridized carbons (Fsp3) is 0. The average Bonchev–Trinajstić information content (AvgIpc) is 3.63. The third-order valence-corrected chi connectivity index (χ3v) is 11.5. The Morgan fingerprint density at radius 1 is 0.293 bits per heavy atom. The highest BCUT2D eigenvalue weighted by Crippen LogP contribution is 2.45. The van der Waals surface area contributed by atoms with Crippen LogP contribution in [0, 0.1) is 0 Å². The van der Waals surface area contributed by atoms with Gasteiger partial charge in [-0.25, -0.2) is 0 Å². The molecular formula is C56H38N2. The third kappa shape index (κ3) is 5.91. The van der Waals surface area contributed by atoms with Crippen molar-refractivity contribution in [2.75, 3.05) is 4.90 Å². The van der Waals surface area contributed by atoms with Crippen molar-refractivity contribution < 1.29 is 0 Å². The van der Waals surface area contributed by atoms with Gasteiger partial charge in [0.25, 0.3) is 0 Å². The van der Waals surface area contributed by atoms with Gasteiger partial charge in [0, 0.05) is 33.4 Å². The molecule has 0 amide bonds. The molecule has 0 N–H and O–H groups in total. The monoisotopic (exact) mass is 738 g/mol. The van der Waals surface area contributed by atoms with Crippen LogP contribution < -0.4 is 4.90 Å². The first-order chi connectivity index (χ1) is 28.7. The highest BCUT2D eigenvalue weighted by atomic mass is 15.1. The van der Waals surface area contributed by atoms with Gasteiger partial charge in [0.15, 0.2) is 0 Å². The number of anilines is 3. The largest absolute Gasteiger partial charge is 0.310 e. The van der Waals surface area contributed by atoms with Crippen molar-refractivity contribution in [3.63, 3.8) is 0 Å². The minimum absolute atomic E-state index is 1.08. The summed E-state index contributed by atoms with van der Waals surface area (Å²) in [6.45, 7) is 0. The van der Waals surface area contributed by atoms with E-state index in [-0.39, 0.29) is 0 Å². The summed E-state index contributed by atoms with van der Waals surface area (Å²) in [6, 6.07) is 83.9. The van der Waals surface area contributed by atoms with E-state index in [0.29, 0.717) is 0 Å². The molecule has 0 aliphatic heterocycles. The van der Waals surface area contributed by atoms with E-state index in [2.05, 4.69) is 240 Å². The molecule has 0 bridgehead atoms. The van der Waals surface area contributed by atoms with Crippen LogP contribution in [0.5, 0.6) is 0 Å². The molecule has 0 saturated heterocycles. The third-order valence-electron chi connectivity index (χ3n) is 11.5. The number of hydrogen-bond acceptors (Lipinski definition) is 1. The van der Waals surface area contributed by atoms with Crippen molar-refractivity contribution in [1.82, 2.24) is 4.57 Å². The molecule has 11 aromatic rings. The molecule has 2 heteroatoms. The molecule has 0 fully saturated rings. The summed E-state index contributed by atoms with van der Waals surface area (Å²) >= 11 is 0. The van der Waals surface area contributed by atoms with Gasteiger partial charge in [-0.2, -0.15) is 0 Å². The van der Waals surface area contributed by atoms with Crippen LogP contribution in [-0.2, 0) is 0 Å². The van der Waals surface area contributed by atoms with Gasteiger partial charge in [0.1, 0.15) is 0 Å². The van der Waals surface area contributed by atoms with E-state index in [4.69, 9.17) is 0 Å². The quantitative estimate of drug-likeness (QED) is 0.158. The molecule has 10 aromatic carbocycles. The predicted molar refractivity (Wildman–Crippen MR) is 247 cm³/mol. The standard InChI is InChI=1S/C56H38N2/c1-3-13-39(14-4-1)42-27-30-49(31-28-42)57(50-32-34-53-52-21-11-12-22-54(52)58(56(53)38-50)48-19-5-2-6-20-48)55-37-46(45-25-23-40-15-7-9-17-43(40)35-45)29-33-51(55)47-26-24-41-16-8-10-18-44(41)36-47/h1-38H. The van der Waals surface area contributed by atoms with Crippen LogP contribution in [0.1, 0.15) is 0 Å². The molecule has 0 aliphatic rings. The summed E-state index contributed by atoms with van der Waals surface area (Å²) < 4.78 is 2.40. The SMILES string of the molecule is c1ccc(-c2ccc(N(c3ccc4c5ccccc5n(-c5ccccc5)c4c3)c3cc(-c4ccc5ccccc5c4)ccc3-c3ccc4ccccc4c3)cc2)cc1. The topological polar surface area (TPSA) is 8.17 Å². The van der Waals surface area contributed by atoms with Crippen LogP contribution in [0.2, 0.25) is 0 Å². The summed E-state index contributed by atoms with van der Waals surface area (Å²) in [4.78, 5) is 2.45. The Kier molecular flexibility index (Phi) is 8.19. The van der Waals surface area contributed by atoms with Crippen molar-refractivity contribution in [1.29, 1.82) is 0 Å². The van der Waals surface area contributed by atoms with Gasteiger partial charge in [-0.3, -0.25) is 0 Å². The first-order valence-corrected chi connectivity index (χ1v) is 19.9. The van der Waals surface area contributed by atoms with E-state index in [9.17, 15) is 0 Å². The first kappa shape index (κ1) is 33.6. The van der Waals surface area contributed by atoms with Crippen LogP contribution in [-0.4, -0.2) is 4.57 Å². The maximum Gasteiger partial charge on any atom is 0.0561 e. The molecule has 0 saturated carbocycles. The van der Waals surface area contributed by atoms with Crippen molar-refractivity contribution in [3.05, 3.63) is 231 Å². The molecule has 0 radical (unpaired) electrons. The van der Waals surface area contributed by atoms with Gasteiger partial charge in [-0.1, -0.05) is 170 Å². The van der Waals surface area contributed by atoms with Gasteiger partial charge in [-0.15, -0.1) is 0 Å². The first-order valence-electron chi connectivity index (χ1n) is 19.9. The fourth-order valence-electron chi connectivity index (χ4n) is 8.68. The van der Waals surface area contributed by atoms with Crippen LogP contribution >= 0.6 is 0 Å². The predicted octanol–water partition coefficient (Wildman–Crippen LogP) is 15.6. The number of nitrogens with zero attached hydrogens (tertiary/aromatic N) is 2. The molecule has 272 valence electrons. The number of hydrogen-bond donors (Lipinski definition) is 0. The molecular weight excluding hydrogens is 701 g/mol. The lowest BCUT2D eigenvalue weighted by atomic mass is 9.94. The molecule has 58 heavy (non-hydrogen) atoms. The Labute approximate surface area is 338 Å². The van der Waals surface area contributed by atoms with Crippen LogP contribution in [0.3, 0.4) is 0 Å². The summed E-state index contributed by atoms with van der Waals surface area (Å²) in [5, 5.41) is 7.38. The summed E-state index contributed by atoms with van der Waals surface area (Å²) in [6.07, 6.45) is 0. The Morgan fingerprint density at radius 3 is 1.55 bits per heavy atom. The Hall–Kier alpha value is -7.68. The second-order valence-electron chi connectivity index (χ2n) is 15.0. The molecule has 2 nitrogen and oxygen atoms in total. The van der Waals surface area contributed by atoms with E-state index in [0.717, 1.165) is 39.4 Å². The van der Waals surface area contributed by atoms with Crippen LogP contribution in [0.15, 0.2) is 231 Å². The van der Waals surface area contributed by atoms with Gasteiger partial charge < -0.3 is 9.47 Å². The Bertz CT molecular complexity index is 3270. The summed E-state index contributed by atoms with van der Waals surface area (Å²) in [5.74, 6) is 0. The molecule has 0 unspecified atom stereocenters. The van der Waals surface area contributed by atoms with Crippen molar-refractivity contribution in [3.8, 4) is 39.1 Å². The number of fused-ring (bicyclic) bond motifs is 5. The fourth-order valence-corrected chi connectivity index (χ4v) is 8.68. The number of para-hydroxylation sites is 2. The van der Waals surface area contributed by atoms with Gasteiger partial charge in [0.05, 0.1) is 16.7 Å². The van der Waals surface area contributed by atoms with Crippen molar-refractivity contribution >= 4 is 60.4 Å². The second-order valence-corrected chi connectivity index (χ2v) is 15.0. The van der Waals surface area contributed by atoms with Gasteiger partial charge >= 0.3 is 0 Å². The smallest absolute Gasteiger partial charge is 0.0561 e. The zero-order valence-electron chi connectivity index (χ0n) is 31.8. The molecule has 11 rings (SSSR count). The van der Waals surface area contributed by atoms with Gasteiger partial charge in [0.2, 0.25) is 0 Å². The molecule has 0 aliphatic carbocycles. The Morgan fingerprint density at radius 2 is 0.810 bits per heavy atom. The highest BCUT2D eigenvalue weighted by Gasteiger charge is 2.21. The van der Waals surface area contributed by atoms with E-state index in [1.807, 2.05) is 0 Å². The molecule has 1 heterocycles. The lowest BCUT2D eigenvalue weighted by Crippen LogP contribution is -2.12. The molecule has 1 aromatic heterocycles. The van der Waals surface area contributed by atoms with Crippen molar-refractivity contribution in [2.24, 2.45) is 0 Å².